The molecular formula is C23H17N3O4. The maximum absolute atomic E-state index is 13.9. The second kappa shape index (κ2) is 6.88. The number of carbonyl (C=O) groups is 1. The summed E-state index contributed by atoms with van der Waals surface area (Å²) in [6.45, 7) is 0.252. The van der Waals surface area contributed by atoms with Crippen LogP contribution < -0.4 is 4.74 Å². The van der Waals surface area contributed by atoms with Gasteiger partial charge in [-0.3, -0.25) is 14.9 Å². The zero-order chi connectivity index (χ0) is 20.7. The molecule has 2 aliphatic rings. The molecule has 3 aromatic rings. The number of carbonyl (C=O) groups excluding carboxylic acids is 1. The monoisotopic (exact) mass is 399 g/mol. The minimum absolute atomic E-state index is 0.0320. The SMILES string of the molecule is O=C1c2ccccc2OC(c2ccccc2)C12N=NCC2c1cccc([N+](=O)[O-])c1. The smallest absolute Gasteiger partial charge is 0.269 e. The zero-order valence-electron chi connectivity index (χ0n) is 15.8. The fourth-order valence-corrected chi connectivity index (χ4v) is 4.36. The predicted octanol–water partition coefficient (Wildman–Crippen LogP) is 4.90. The molecule has 3 unspecified atom stereocenters. The van der Waals surface area contributed by atoms with Gasteiger partial charge in [0, 0.05) is 18.1 Å². The second-order valence-electron chi connectivity index (χ2n) is 7.39. The molecule has 1 spiro atoms. The molecule has 3 aromatic carbocycles. The van der Waals surface area contributed by atoms with Crippen molar-refractivity contribution >= 4 is 11.5 Å². The van der Waals surface area contributed by atoms with E-state index in [1.807, 2.05) is 36.4 Å². The highest BCUT2D eigenvalue weighted by Gasteiger charge is 2.60. The van der Waals surface area contributed by atoms with Crippen LogP contribution in [0.1, 0.15) is 33.5 Å². The Kier molecular flexibility index (Phi) is 4.17. The van der Waals surface area contributed by atoms with E-state index in [1.165, 1.54) is 12.1 Å². The largest absolute Gasteiger partial charge is 0.482 e. The van der Waals surface area contributed by atoms with Crippen molar-refractivity contribution in [3.63, 3.8) is 0 Å². The highest BCUT2D eigenvalue weighted by Crippen LogP contribution is 2.53. The van der Waals surface area contributed by atoms with Crippen LogP contribution in [0.2, 0.25) is 0 Å². The third-order valence-corrected chi connectivity index (χ3v) is 5.76. The van der Waals surface area contributed by atoms with Gasteiger partial charge in [0.1, 0.15) is 5.75 Å². The Morgan fingerprint density at radius 2 is 1.70 bits per heavy atom. The van der Waals surface area contributed by atoms with Crippen molar-refractivity contribution in [2.75, 3.05) is 6.54 Å². The summed E-state index contributed by atoms with van der Waals surface area (Å²) in [5, 5.41) is 20.0. The maximum Gasteiger partial charge on any atom is 0.269 e. The number of nitro benzene ring substituents is 1. The lowest BCUT2D eigenvalue weighted by Gasteiger charge is -2.41. The summed E-state index contributed by atoms with van der Waals surface area (Å²) in [4.78, 5) is 24.7. The number of Topliss-reactive ketones (excluding diaryl/α,β-unsaturated/α-hetero) is 1. The molecule has 2 heterocycles. The van der Waals surface area contributed by atoms with Gasteiger partial charge in [-0.05, 0) is 23.3 Å². The van der Waals surface area contributed by atoms with Gasteiger partial charge in [-0.25, -0.2) is 0 Å². The summed E-state index contributed by atoms with van der Waals surface area (Å²) >= 11 is 0. The number of hydrogen-bond acceptors (Lipinski definition) is 6. The fourth-order valence-electron chi connectivity index (χ4n) is 4.36. The molecule has 0 bridgehead atoms. The molecule has 0 aliphatic carbocycles. The Morgan fingerprint density at radius 3 is 2.50 bits per heavy atom. The lowest BCUT2D eigenvalue weighted by atomic mass is 9.69. The average Bonchev–Trinajstić information content (AvgIpc) is 3.22. The van der Waals surface area contributed by atoms with Crippen molar-refractivity contribution in [2.24, 2.45) is 10.2 Å². The first-order valence-corrected chi connectivity index (χ1v) is 9.59. The van der Waals surface area contributed by atoms with Crippen LogP contribution in [0.25, 0.3) is 0 Å². The molecule has 0 amide bonds. The number of ether oxygens (including phenoxy) is 1. The number of fused-ring (bicyclic) bond motifs is 1. The van der Waals surface area contributed by atoms with Crippen molar-refractivity contribution < 1.29 is 14.5 Å². The lowest BCUT2D eigenvalue weighted by Crippen LogP contribution is -2.51. The van der Waals surface area contributed by atoms with Crippen LogP contribution in [0.15, 0.2) is 89.1 Å². The Morgan fingerprint density at radius 1 is 0.967 bits per heavy atom. The fraction of sp³-hybridized carbons (Fsp3) is 0.174. The summed E-state index contributed by atoms with van der Waals surface area (Å²) in [6.07, 6.45) is -0.698. The number of hydrogen-bond donors (Lipinski definition) is 0. The van der Waals surface area contributed by atoms with Gasteiger partial charge in [0.25, 0.3) is 5.69 Å². The number of ketones is 1. The topological polar surface area (TPSA) is 94.2 Å². The molecule has 0 aromatic heterocycles. The van der Waals surface area contributed by atoms with Crippen LogP contribution in [0.4, 0.5) is 5.69 Å². The summed E-state index contributed by atoms with van der Waals surface area (Å²) < 4.78 is 6.35. The second-order valence-corrected chi connectivity index (χ2v) is 7.39. The molecule has 148 valence electrons. The third-order valence-electron chi connectivity index (χ3n) is 5.76. The molecule has 3 atom stereocenters. The number of nitro groups is 1. The molecule has 0 radical (unpaired) electrons. The quantitative estimate of drug-likeness (QED) is 0.462. The number of benzene rings is 3. The van der Waals surface area contributed by atoms with Crippen LogP contribution in [-0.4, -0.2) is 22.8 Å². The molecule has 0 saturated carbocycles. The molecule has 0 fully saturated rings. The lowest BCUT2D eigenvalue weighted by molar-refractivity contribution is -0.384. The average molecular weight is 399 g/mol. The summed E-state index contributed by atoms with van der Waals surface area (Å²) in [5.41, 5.74) is 0.532. The number of para-hydroxylation sites is 1. The molecule has 0 saturated heterocycles. The molecule has 7 heteroatoms. The van der Waals surface area contributed by atoms with Gasteiger partial charge in [-0.1, -0.05) is 54.6 Å². The van der Waals surface area contributed by atoms with Crippen LogP contribution in [0, 0.1) is 10.1 Å². The molecule has 0 N–H and O–H groups in total. The van der Waals surface area contributed by atoms with E-state index in [-0.39, 0.29) is 18.0 Å². The van der Waals surface area contributed by atoms with Crippen LogP contribution in [0.5, 0.6) is 5.75 Å². The predicted molar refractivity (Wildman–Crippen MR) is 109 cm³/mol. The molecule has 5 rings (SSSR count). The first-order valence-electron chi connectivity index (χ1n) is 9.59. The summed E-state index contributed by atoms with van der Waals surface area (Å²) in [7, 11) is 0. The molecule has 30 heavy (non-hydrogen) atoms. The number of azo groups is 1. The van der Waals surface area contributed by atoms with Crippen LogP contribution >= 0.6 is 0 Å². The van der Waals surface area contributed by atoms with Gasteiger partial charge in [0.2, 0.25) is 5.78 Å². The Balaban J connectivity index is 1.71. The van der Waals surface area contributed by atoms with E-state index in [0.29, 0.717) is 16.9 Å². The van der Waals surface area contributed by atoms with Gasteiger partial charge in [-0.2, -0.15) is 10.2 Å². The van der Waals surface area contributed by atoms with Gasteiger partial charge in [0.15, 0.2) is 11.6 Å². The van der Waals surface area contributed by atoms with E-state index in [2.05, 4.69) is 10.2 Å². The third kappa shape index (κ3) is 2.62. The minimum atomic E-state index is -1.33. The van der Waals surface area contributed by atoms with Gasteiger partial charge >= 0.3 is 0 Å². The Bertz CT molecular complexity index is 1180. The Hall–Kier alpha value is -3.87. The van der Waals surface area contributed by atoms with E-state index in [0.717, 1.165) is 5.56 Å². The first kappa shape index (κ1) is 18.2. The van der Waals surface area contributed by atoms with Crippen LogP contribution in [0.3, 0.4) is 0 Å². The minimum Gasteiger partial charge on any atom is -0.482 e. The highest BCUT2D eigenvalue weighted by molar-refractivity contribution is 6.08. The maximum atomic E-state index is 13.9. The van der Waals surface area contributed by atoms with Crippen molar-refractivity contribution in [1.29, 1.82) is 0 Å². The van der Waals surface area contributed by atoms with Crippen molar-refractivity contribution in [1.82, 2.24) is 0 Å². The molecule has 7 nitrogen and oxygen atoms in total. The standard InChI is InChI=1S/C23H17N3O4/c27-21-18-11-4-5-12-20(18)30-22(15-7-2-1-3-8-15)23(21)19(14-24-25-23)16-9-6-10-17(13-16)26(28)29/h1-13,19,22H,14H2. The molecule has 2 aliphatic heterocycles. The van der Waals surface area contributed by atoms with Gasteiger partial charge < -0.3 is 4.74 Å². The normalized spacial score (nSPS) is 24.5. The summed E-state index contributed by atoms with van der Waals surface area (Å²) in [6, 6.07) is 22.9. The van der Waals surface area contributed by atoms with E-state index in [9.17, 15) is 14.9 Å². The first-order chi connectivity index (χ1) is 14.6. The van der Waals surface area contributed by atoms with E-state index in [1.54, 1.807) is 30.3 Å². The van der Waals surface area contributed by atoms with Crippen molar-refractivity contribution in [3.05, 3.63) is 106 Å². The highest BCUT2D eigenvalue weighted by atomic mass is 16.6. The van der Waals surface area contributed by atoms with Gasteiger partial charge in [-0.15, -0.1) is 0 Å². The van der Waals surface area contributed by atoms with Crippen LogP contribution in [-0.2, 0) is 0 Å². The molecular weight excluding hydrogens is 382 g/mol. The van der Waals surface area contributed by atoms with E-state index in [4.69, 9.17) is 4.74 Å². The number of non-ortho nitro benzene ring substituents is 1. The van der Waals surface area contributed by atoms with Crippen molar-refractivity contribution in [3.8, 4) is 5.75 Å². The zero-order valence-corrected chi connectivity index (χ0v) is 15.8. The van der Waals surface area contributed by atoms with Crippen molar-refractivity contribution in [2.45, 2.75) is 17.6 Å². The number of nitrogens with zero attached hydrogens (tertiary/aromatic N) is 3. The van der Waals surface area contributed by atoms with E-state index >= 15 is 0 Å². The van der Waals surface area contributed by atoms with Gasteiger partial charge in [0.05, 0.1) is 17.0 Å². The Labute approximate surface area is 172 Å². The van der Waals surface area contributed by atoms with E-state index < -0.39 is 22.5 Å². The number of rotatable bonds is 3. The summed E-state index contributed by atoms with van der Waals surface area (Å²) in [5.74, 6) is -0.165.